The van der Waals surface area contributed by atoms with Crippen LogP contribution in [-0.2, 0) is 4.79 Å². The molecular formula is C16H20N2O4. The minimum absolute atomic E-state index is 0.0119. The quantitative estimate of drug-likeness (QED) is 0.870. The van der Waals surface area contributed by atoms with Crippen LogP contribution in [0.15, 0.2) is 12.1 Å². The number of benzene rings is 1. The van der Waals surface area contributed by atoms with Gasteiger partial charge < -0.3 is 19.5 Å². The smallest absolute Gasteiger partial charge is 0.224 e. The number of nitriles is 1. The van der Waals surface area contributed by atoms with E-state index in [1.165, 1.54) is 21.3 Å². The molecule has 1 amide bonds. The van der Waals surface area contributed by atoms with E-state index in [2.05, 4.69) is 11.4 Å². The van der Waals surface area contributed by atoms with Crippen LogP contribution in [0.1, 0.15) is 24.9 Å². The number of carbonyl (C=O) groups excluding carboxylic acids is 1. The third kappa shape index (κ3) is 3.08. The van der Waals surface area contributed by atoms with E-state index in [-0.39, 0.29) is 11.8 Å². The average Bonchev–Trinajstić information content (AvgIpc) is 3.27. The Hall–Kier alpha value is -2.42. The maximum absolute atomic E-state index is 12.0. The molecule has 0 aliphatic heterocycles. The summed E-state index contributed by atoms with van der Waals surface area (Å²) >= 11 is 0. The molecule has 3 atom stereocenters. The average molecular weight is 304 g/mol. The molecule has 1 saturated carbocycles. The van der Waals surface area contributed by atoms with Crippen LogP contribution in [0.2, 0.25) is 0 Å². The Labute approximate surface area is 130 Å². The molecule has 0 aromatic heterocycles. The van der Waals surface area contributed by atoms with Gasteiger partial charge in [0.1, 0.15) is 6.04 Å². The van der Waals surface area contributed by atoms with Gasteiger partial charge in [-0.2, -0.15) is 5.26 Å². The molecule has 1 aliphatic rings. The summed E-state index contributed by atoms with van der Waals surface area (Å²) in [6.45, 7) is 2.02. The summed E-state index contributed by atoms with van der Waals surface area (Å²) in [5, 5.41) is 12.1. The Morgan fingerprint density at radius 2 is 1.82 bits per heavy atom. The van der Waals surface area contributed by atoms with Crippen LogP contribution in [0.4, 0.5) is 0 Å². The van der Waals surface area contributed by atoms with Gasteiger partial charge in [-0.25, -0.2) is 0 Å². The highest BCUT2D eigenvalue weighted by molar-refractivity contribution is 5.82. The highest BCUT2D eigenvalue weighted by atomic mass is 16.5. The van der Waals surface area contributed by atoms with E-state index in [0.717, 1.165) is 6.42 Å². The van der Waals surface area contributed by atoms with Gasteiger partial charge in [0.15, 0.2) is 11.5 Å². The number of hydrogen-bond donors (Lipinski definition) is 1. The summed E-state index contributed by atoms with van der Waals surface area (Å²) in [7, 11) is 4.53. The lowest BCUT2D eigenvalue weighted by Crippen LogP contribution is -2.29. The van der Waals surface area contributed by atoms with Gasteiger partial charge >= 0.3 is 0 Å². The molecule has 1 aliphatic carbocycles. The van der Waals surface area contributed by atoms with E-state index in [1.807, 2.05) is 6.92 Å². The lowest BCUT2D eigenvalue weighted by molar-refractivity contribution is -0.123. The van der Waals surface area contributed by atoms with Gasteiger partial charge in [-0.15, -0.1) is 0 Å². The molecule has 0 spiro atoms. The first-order valence-corrected chi connectivity index (χ1v) is 7.05. The van der Waals surface area contributed by atoms with Gasteiger partial charge in [-0.05, 0) is 30.0 Å². The molecule has 1 N–H and O–H groups in total. The summed E-state index contributed by atoms with van der Waals surface area (Å²) in [6.07, 6.45) is 0.874. The zero-order valence-corrected chi connectivity index (χ0v) is 13.2. The zero-order chi connectivity index (χ0) is 16.3. The molecule has 1 aromatic carbocycles. The van der Waals surface area contributed by atoms with Crippen LogP contribution in [0.5, 0.6) is 17.2 Å². The molecule has 0 bridgehead atoms. The minimum atomic E-state index is -0.756. The third-order valence-electron chi connectivity index (χ3n) is 3.88. The fraction of sp³-hybridized carbons (Fsp3) is 0.500. The Bertz CT molecular complexity index is 584. The second-order valence-electron chi connectivity index (χ2n) is 5.35. The van der Waals surface area contributed by atoms with Gasteiger partial charge in [-0.3, -0.25) is 4.79 Å². The first kappa shape index (κ1) is 16.0. The number of rotatable bonds is 6. The van der Waals surface area contributed by atoms with E-state index in [0.29, 0.717) is 28.7 Å². The Morgan fingerprint density at radius 3 is 2.18 bits per heavy atom. The van der Waals surface area contributed by atoms with Crippen molar-refractivity contribution in [2.45, 2.75) is 19.4 Å². The molecule has 0 heterocycles. The molecule has 6 heteroatoms. The SMILES string of the molecule is COc1cc([C@H](C#N)NC(=O)[C@H]2C[C@H]2C)cc(OC)c1OC. The van der Waals surface area contributed by atoms with Crippen LogP contribution in [0.25, 0.3) is 0 Å². The van der Waals surface area contributed by atoms with Crippen molar-refractivity contribution < 1.29 is 19.0 Å². The second kappa shape index (κ2) is 6.56. The molecule has 1 fully saturated rings. The fourth-order valence-electron chi connectivity index (χ4n) is 2.39. The van der Waals surface area contributed by atoms with Gasteiger partial charge in [-0.1, -0.05) is 6.92 Å². The van der Waals surface area contributed by atoms with Crippen molar-refractivity contribution in [1.82, 2.24) is 5.32 Å². The van der Waals surface area contributed by atoms with E-state index >= 15 is 0 Å². The monoisotopic (exact) mass is 304 g/mol. The van der Waals surface area contributed by atoms with Crippen molar-refractivity contribution >= 4 is 5.91 Å². The summed E-state index contributed by atoms with van der Waals surface area (Å²) < 4.78 is 15.8. The number of amides is 1. The maximum atomic E-state index is 12.0. The number of methoxy groups -OCH3 is 3. The van der Waals surface area contributed by atoms with Crippen molar-refractivity contribution in [3.63, 3.8) is 0 Å². The third-order valence-corrected chi connectivity index (χ3v) is 3.88. The molecule has 1 aromatic rings. The molecular weight excluding hydrogens is 284 g/mol. The molecule has 2 rings (SSSR count). The van der Waals surface area contributed by atoms with Crippen molar-refractivity contribution in [3.8, 4) is 23.3 Å². The summed E-state index contributed by atoms with van der Waals surface area (Å²) in [6, 6.07) is 4.69. The Kier molecular flexibility index (Phi) is 4.76. The molecule has 22 heavy (non-hydrogen) atoms. The van der Waals surface area contributed by atoms with Crippen LogP contribution in [0, 0.1) is 23.2 Å². The van der Waals surface area contributed by atoms with E-state index in [9.17, 15) is 10.1 Å². The predicted molar refractivity (Wildman–Crippen MR) is 79.9 cm³/mol. The topological polar surface area (TPSA) is 80.6 Å². The standard InChI is InChI=1S/C16H20N2O4/c1-9-5-11(9)16(19)18-12(8-17)10-6-13(20-2)15(22-4)14(7-10)21-3/h6-7,9,11-12H,5H2,1-4H3,(H,18,19)/t9-,11+,12+/m1/s1. The highest BCUT2D eigenvalue weighted by Crippen LogP contribution is 2.41. The number of ether oxygens (including phenoxy) is 3. The Morgan fingerprint density at radius 1 is 1.27 bits per heavy atom. The number of hydrogen-bond acceptors (Lipinski definition) is 5. The molecule has 0 radical (unpaired) electrons. The van der Waals surface area contributed by atoms with Gasteiger partial charge in [0.25, 0.3) is 0 Å². The van der Waals surface area contributed by atoms with Crippen LogP contribution in [-0.4, -0.2) is 27.2 Å². The predicted octanol–water partition coefficient (Wildman–Crippen LogP) is 2.05. The minimum Gasteiger partial charge on any atom is -0.493 e. The first-order chi connectivity index (χ1) is 10.5. The zero-order valence-electron chi connectivity index (χ0n) is 13.2. The summed E-state index contributed by atoms with van der Waals surface area (Å²) in [5.74, 6) is 1.66. The molecule has 0 saturated heterocycles. The van der Waals surface area contributed by atoms with E-state index in [4.69, 9.17) is 14.2 Å². The number of nitrogens with one attached hydrogen (secondary N) is 1. The van der Waals surface area contributed by atoms with Gasteiger partial charge in [0.2, 0.25) is 11.7 Å². The molecule has 118 valence electrons. The first-order valence-electron chi connectivity index (χ1n) is 7.05. The number of carbonyl (C=O) groups is 1. The normalized spacial score (nSPS) is 20.5. The van der Waals surface area contributed by atoms with Crippen LogP contribution in [0.3, 0.4) is 0 Å². The number of nitrogens with zero attached hydrogens (tertiary/aromatic N) is 1. The summed E-state index contributed by atoms with van der Waals surface area (Å²) in [5.41, 5.74) is 0.596. The van der Waals surface area contributed by atoms with Gasteiger partial charge in [0, 0.05) is 5.92 Å². The van der Waals surface area contributed by atoms with Crippen LogP contribution >= 0.6 is 0 Å². The van der Waals surface area contributed by atoms with Crippen molar-refractivity contribution in [1.29, 1.82) is 5.26 Å². The Balaban J connectivity index is 2.28. The largest absolute Gasteiger partial charge is 0.493 e. The van der Waals surface area contributed by atoms with Crippen molar-refractivity contribution in [3.05, 3.63) is 17.7 Å². The fourth-order valence-corrected chi connectivity index (χ4v) is 2.39. The highest BCUT2D eigenvalue weighted by Gasteiger charge is 2.40. The van der Waals surface area contributed by atoms with Gasteiger partial charge in [0.05, 0.1) is 27.4 Å². The van der Waals surface area contributed by atoms with Crippen molar-refractivity contribution in [2.24, 2.45) is 11.8 Å². The lowest BCUT2D eigenvalue weighted by atomic mass is 10.1. The van der Waals surface area contributed by atoms with E-state index in [1.54, 1.807) is 12.1 Å². The maximum Gasteiger partial charge on any atom is 0.224 e. The van der Waals surface area contributed by atoms with Crippen molar-refractivity contribution in [2.75, 3.05) is 21.3 Å². The lowest BCUT2D eigenvalue weighted by Gasteiger charge is -2.17. The molecule has 0 unspecified atom stereocenters. The summed E-state index contributed by atoms with van der Waals surface area (Å²) in [4.78, 5) is 12.0. The van der Waals surface area contributed by atoms with Crippen LogP contribution < -0.4 is 19.5 Å². The second-order valence-corrected chi connectivity index (χ2v) is 5.35. The molecule has 6 nitrogen and oxygen atoms in total. The van der Waals surface area contributed by atoms with E-state index < -0.39 is 6.04 Å².